The number of hydrogen-bond acceptors (Lipinski definition) is 4. The van der Waals surface area contributed by atoms with Crippen molar-refractivity contribution >= 4 is 5.95 Å². The predicted molar refractivity (Wildman–Crippen MR) is 77.2 cm³/mol. The van der Waals surface area contributed by atoms with Crippen LogP contribution in [0, 0.1) is 5.92 Å². The summed E-state index contributed by atoms with van der Waals surface area (Å²) in [5.74, 6) is 2.19. The molecule has 4 nitrogen and oxygen atoms in total. The van der Waals surface area contributed by atoms with E-state index in [-0.39, 0.29) is 0 Å². The Hall–Kier alpha value is -1.16. The molecule has 2 heterocycles. The molecule has 2 fully saturated rings. The Kier molecular flexibility index (Phi) is 3.97. The monoisotopic (exact) mass is 260 g/mol. The van der Waals surface area contributed by atoms with Gasteiger partial charge in [0.15, 0.2) is 0 Å². The van der Waals surface area contributed by atoms with Crippen molar-refractivity contribution in [2.45, 2.75) is 44.4 Å². The highest BCUT2D eigenvalue weighted by atomic mass is 15.3. The van der Waals surface area contributed by atoms with Gasteiger partial charge in [-0.05, 0) is 43.2 Å². The number of hydrogen-bond donors (Lipinski definition) is 1. The largest absolute Gasteiger partial charge is 0.340 e. The van der Waals surface area contributed by atoms with E-state index in [1.54, 1.807) is 0 Å². The van der Waals surface area contributed by atoms with Gasteiger partial charge >= 0.3 is 0 Å². The Morgan fingerprint density at radius 3 is 2.47 bits per heavy atom. The minimum Gasteiger partial charge on any atom is -0.340 e. The van der Waals surface area contributed by atoms with E-state index in [0.29, 0.717) is 11.8 Å². The van der Waals surface area contributed by atoms with Crippen LogP contribution in [-0.2, 0) is 0 Å². The van der Waals surface area contributed by atoms with E-state index in [1.165, 1.54) is 44.1 Å². The van der Waals surface area contributed by atoms with Gasteiger partial charge in [-0.25, -0.2) is 9.97 Å². The summed E-state index contributed by atoms with van der Waals surface area (Å²) < 4.78 is 0. The normalized spacial score (nSPS) is 24.9. The molecule has 0 bridgehead atoms. The Labute approximate surface area is 115 Å². The minimum absolute atomic E-state index is 0.613. The van der Waals surface area contributed by atoms with Crippen molar-refractivity contribution in [1.29, 1.82) is 0 Å². The van der Waals surface area contributed by atoms with E-state index in [2.05, 4.69) is 14.9 Å². The van der Waals surface area contributed by atoms with Gasteiger partial charge in [0.2, 0.25) is 5.95 Å². The maximum Gasteiger partial charge on any atom is 0.225 e. The minimum atomic E-state index is 0.613. The summed E-state index contributed by atoms with van der Waals surface area (Å²) in [6.45, 7) is 2.83. The molecule has 1 unspecified atom stereocenters. The molecular formula is C15H24N4. The lowest BCUT2D eigenvalue weighted by Crippen LogP contribution is -2.24. The SMILES string of the molecule is NCC1CCN(c2ncc(C3CCCCC3)cn2)C1. The van der Waals surface area contributed by atoms with Gasteiger partial charge in [0.25, 0.3) is 0 Å². The fraction of sp³-hybridized carbons (Fsp3) is 0.733. The summed E-state index contributed by atoms with van der Waals surface area (Å²) >= 11 is 0. The maximum atomic E-state index is 5.73. The summed E-state index contributed by atoms with van der Waals surface area (Å²) in [7, 11) is 0. The van der Waals surface area contributed by atoms with Crippen molar-refractivity contribution in [3.05, 3.63) is 18.0 Å². The zero-order valence-electron chi connectivity index (χ0n) is 11.6. The topological polar surface area (TPSA) is 55.0 Å². The van der Waals surface area contributed by atoms with Gasteiger partial charge in [-0.1, -0.05) is 19.3 Å². The summed E-state index contributed by atoms with van der Waals surface area (Å²) in [6, 6.07) is 0. The number of anilines is 1. The van der Waals surface area contributed by atoms with Crippen molar-refractivity contribution in [2.24, 2.45) is 11.7 Å². The molecule has 1 aromatic rings. The van der Waals surface area contributed by atoms with E-state index < -0.39 is 0 Å². The van der Waals surface area contributed by atoms with Gasteiger partial charge in [0, 0.05) is 25.5 Å². The van der Waals surface area contributed by atoms with Crippen LogP contribution in [0.1, 0.15) is 50.0 Å². The van der Waals surface area contributed by atoms with Crippen LogP contribution >= 0.6 is 0 Å². The second kappa shape index (κ2) is 5.87. The van der Waals surface area contributed by atoms with Crippen molar-refractivity contribution in [3.8, 4) is 0 Å². The molecule has 0 radical (unpaired) electrons. The van der Waals surface area contributed by atoms with Crippen molar-refractivity contribution in [3.63, 3.8) is 0 Å². The fourth-order valence-corrected chi connectivity index (χ4v) is 3.35. The average molecular weight is 260 g/mol. The van der Waals surface area contributed by atoms with Gasteiger partial charge in [-0.3, -0.25) is 0 Å². The molecule has 104 valence electrons. The third-order valence-corrected chi connectivity index (χ3v) is 4.64. The Balaban J connectivity index is 1.65. The standard InChI is InChI=1S/C15H24N4/c16-8-12-6-7-19(11-12)15-17-9-14(10-18-15)13-4-2-1-3-5-13/h9-10,12-13H,1-8,11,16H2. The smallest absolute Gasteiger partial charge is 0.225 e. The summed E-state index contributed by atoms with van der Waals surface area (Å²) in [5.41, 5.74) is 7.06. The molecule has 3 rings (SSSR count). The molecule has 1 aromatic heterocycles. The maximum absolute atomic E-state index is 5.73. The molecule has 19 heavy (non-hydrogen) atoms. The molecule has 2 N–H and O–H groups in total. The van der Waals surface area contributed by atoms with E-state index in [4.69, 9.17) is 5.73 Å². The first-order valence-electron chi connectivity index (χ1n) is 7.64. The highest BCUT2D eigenvalue weighted by Crippen LogP contribution is 2.32. The van der Waals surface area contributed by atoms with Crippen LogP contribution in [0.5, 0.6) is 0 Å². The lowest BCUT2D eigenvalue weighted by Gasteiger charge is -2.22. The highest BCUT2D eigenvalue weighted by Gasteiger charge is 2.23. The van der Waals surface area contributed by atoms with Gasteiger partial charge < -0.3 is 10.6 Å². The molecule has 2 aliphatic rings. The fourth-order valence-electron chi connectivity index (χ4n) is 3.35. The number of rotatable bonds is 3. The van der Waals surface area contributed by atoms with Crippen LogP contribution < -0.4 is 10.6 Å². The molecule has 1 saturated heterocycles. The third-order valence-electron chi connectivity index (χ3n) is 4.64. The van der Waals surface area contributed by atoms with E-state index in [9.17, 15) is 0 Å². The quantitative estimate of drug-likeness (QED) is 0.906. The van der Waals surface area contributed by atoms with Crippen LogP contribution in [0.2, 0.25) is 0 Å². The zero-order chi connectivity index (χ0) is 13.1. The highest BCUT2D eigenvalue weighted by molar-refractivity contribution is 5.32. The van der Waals surface area contributed by atoms with Crippen LogP contribution in [0.25, 0.3) is 0 Å². The lowest BCUT2D eigenvalue weighted by molar-refractivity contribution is 0.442. The number of nitrogens with two attached hydrogens (primary N) is 1. The lowest BCUT2D eigenvalue weighted by atomic mass is 9.85. The van der Waals surface area contributed by atoms with Crippen LogP contribution in [0.15, 0.2) is 12.4 Å². The van der Waals surface area contributed by atoms with E-state index in [1.807, 2.05) is 12.4 Å². The predicted octanol–water partition coefficient (Wildman–Crippen LogP) is 2.31. The van der Waals surface area contributed by atoms with E-state index in [0.717, 1.165) is 25.6 Å². The van der Waals surface area contributed by atoms with Crippen LogP contribution in [-0.4, -0.2) is 29.6 Å². The number of nitrogens with zero attached hydrogens (tertiary/aromatic N) is 3. The Morgan fingerprint density at radius 1 is 1.11 bits per heavy atom. The molecular weight excluding hydrogens is 236 g/mol. The van der Waals surface area contributed by atoms with Gasteiger partial charge in [-0.2, -0.15) is 0 Å². The van der Waals surface area contributed by atoms with Gasteiger partial charge in [-0.15, -0.1) is 0 Å². The molecule has 4 heteroatoms. The number of aromatic nitrogens is 2. The molecule has 1 saturated carbocycles. The van der Waals surface area contributed by atoms with Crippen LogP contribution in [0.4, 0.5) is 5.95 Å². The molecule has 0 spiro atoms. The van der Waals surface area contributed by atoms with Crippen LogP contribution in [0.3, 0.4) is 0 Å². The second-order valence-electron chi connectivity index (χ2n) is 5.99. The zero-order valence-corrected chi connectivity index (χ0v) is 11.6. The first kappa shape index (κ1) is 12.9. The first-order valence-corrected chi connectivity index (χ1v) is 7.64. The Bertz CT molecular complexity index is 397. The summed E-state index contributed by atoms with van der Waals surface area (Å²) in [5, 5.41) is 0. The molecule has 0 aromatic carbocycles. The molecule has 0 amide bonds. The van der Waals surface area contributed by atoms with Gasteiger partial charge in [0.1, 0.15) is 0 Å². The third kappa shape index (κ3) is 2.89. The summed E-state index contributed by atoms with van der Waals surface area (Å²) in [6.07, 6.45) is 12.0. The Morgan fingerprint density at radius 2 is 1.84 bits per heavy atom. The van der Waals surface area contributed by atoms with Crippen molar-refractivity contribution in [1.82, 2.24) is 9.97 Å². The summed E-state index contributed by atoms with van der Waals surface area (Å²) in [4.78, 5) is 11.4. The second-order valence-corrected chi connectivity index (χ2v) is 5.99. The molecule has 1 aliphatic heterocycles. The van der Waals surface area contributed by atoms with Crippen molar-refractivity contribution < 1.29 is 0 Å². The van der Waals surface area contributed by atoms with Gasteiger partial charge in [0.05, 0.1) is 0 Å². The molecule has 1 atom stereocenters. The molecule has 1 aliphatic carbocycles. The average Bonchev–Trinajstić information content (AvgIpc) is 2.97. The van der Waals surface area contributed by atoms with E-state index >= 15 is 0 Å². The van der Waals surface area contributed by atoms with Crippen molar-refractivity contribution in [2.75, 3.05) is 24.5 Å². The first-order chi connectivity index (χ1) is 9.36.